The fourth-order valence-electron chi connectivity index (χ4n) is 2.19. The number of esters is 1. The van der Waals surface area contributed by atoms with Crippen molar-refractivity contribution in [2.24, 2.45) is 0 Å². The topological polar surface area (TPSA) is 125 Å². The van der Waals surface area contributed by atoms with E-state index in [1.54, 1.807) is 13.8 Å². The van der Waals surface area contributed by atoms with Crippen molar-refractivity contribution < 1.29 is 27.6 Å². The van der Waals surface area contributed by atoms with Gasteiger partial charge < -0.3 is 9.47 Å². The van der Waals surface area contributed by atoms with Crippen molar-refractivity contribution in [2.45, 2.75) is 24.8 Å². The molecular weight excluding hydrogens is 376 g/mol. The average Bonchev–Trinajstić information content (AvgIpc) is 2.60. The molecule has 0 saturated carbocycles. The number of carbonyl (C=O) groups is 1. The molecule has 144 valence electrons. The summed E-state index contributed by atoms with van der Waals surface area (Å²) in [6.45, 7) is 3.33. The summed E-state index contributed by atoms with van der Waals surface area (Å²) >= 11 is 0. The zero-order valence-corrected chi connectivity index (χ0v) is 15.6. The number of nitrogens with zero attached hydrogens (tertiary/aromatic N) is 1. The van der Waals surface area contributed by atoms with E-state index in [4.69, 9.17) is 9.47 Å². The van der Waals surface area contributed by atoms with Gasteiger partial charge in [-0.25, -0.2) is 17.9 Å². The minimum absolute atomic E-state index is 0.0155. The molecule has 0 fully saturated rings. The first-order chi connectivity index (χ1) is 12.6. The largest absolute Gasteiger partial charge is 0.495 e. The fourth-order valence-corrected chi connectivity index (χ4v) is 3.64. The molecule has 0 bridgehead atoms. The van der Waals surface area contributed by atoms with Crippen LogP contribution in [0.1, 0.15) is 24.2 Å². The molecule has 2 rings (SSSR count). The third kappa shape index (κ3) is 5.02. The number of carbonyl (C=O) groups excluding carboxylic acids is 1. The van der Waals surface area contributed by atoms with Gasteiger partial charge in [0.05, 0.1) is 17.6 Å². The van der Waals surface area contributed by atoms with Gasteiger partial charge in [-0.1, -0.05) is 0 Å². The standard InChI is InChI=1S/C17H18N2O7S/c1-11(2)18-27(23,24)16-10-12(4-9-15(16)25-3)17(20)26-14-7-5-13(6-8-14)19(21)22/h4-11,18H,1-3H3. The Bertz CT molecular complexity index is 954. The number of benzene rings is 2. The Labute approximate surface area is 156 Å². The molecule has 2 aromatic rings. The lowest BCUT2D eigenvalue weighted by atomic mass is 10.2. The monoisotopic (exact) mass is 394 g/mol. The molecule has 0 unspecified atom stereocenters. The van der Waals surface area contributed by atoms with Crippen LogP contribution in [0, 0.1) is 10.1 Å². The summed E-state index contributed by atoms with van der Waals surface area (Å²) in [5.74, 6) is -0.645. The van der Waals surface area contributed by atoms with Gasteiger partial charge in [0.25, 0.3) is 5.69 Å². The molecule has 2 aromatic carbocycles. The van der Waals surface area contributed by atoms with Crippen LogP contribution in [-0.4, -0.2) is 32.5 Å². The molecule has 0 spiro atoms. The molecule has 0 saturated heterocycles. The number of hydrogen-bond donors (Lipinski definition) is 1. The smallest absolute Gasteiger partial charge is 0.343 e. The van der Waals surface area contributed by atoms with E-state index < -0.39 is 20.9 Å². The number of methoxy groups -OCH3 is 1. The Balaban J connectivity index is 2.31. The molecule has 27 heavy (non-hydrogen) atoms. The molecule has 1 N–H and O–H groups in total. The van der Waals surface area contributed by atoms with Crippen LogP contribution in [0.15, 0.2) is 47.4 Å². The summed E-state index contributed by atoms with van der Waals surface area (Å²) < 4.78 is 37.5. The van der Waals surface area contributed by atoms with Crippen molar-refractivity contribution in [3.05, 3.63) is 58.1 Å². The lowest BCUT2D eigenvalue weighted by Crippen LogP contribution is -2.30. The second-order valence-electron chi connectivity index (χ2n) is 5.78. The van der Waals surface area contributed by atoms with Crippen LogP contribution in [0.3, 0.4) is 0 Å². The number of non-ortho nitro benzene ring substituents is 1. The Hall–Kier alpha value is -2.98. The summed E-state index contributed by atoms with van der Waals surface area (Å²) in [5.41, 5.74) is -0.161. The maximum absolute atomic E-state index is 12.4. The maximum Gasteiger partial charge on any atom is 0.343 e. The molecule has 9 nitrogen and oxygen atoms in total. The van der Waals surface area contributed by atoms with Crippen LogP contribution in [-0.2, 0) is 10.0 Å². The predicted octanol–water partition coefficient (Wildman–Crippen LogP) is 2.51. The van der Waals surface area contributed by atoms with E-state index in [2.05, 4.69) is 4.72 Å². The Kier molecular flexibility index (Phi) is 6.13. The molecule has 0 radical (unpaired) electrons. The molecule has 0 atom stereocenters. The quantitative estimate of drug-likeness (QED) is 0.331. The molecule has 10 heteroatoms. The van der Waals surface area contributed by atoms with Crippen molar-refractivity contribution in [3.63, 3.8) is 0 Å². The zero-order valence-electron chi connectivity index (χ0n) is 14.8. The van der Waals surface area contributed by atoms with Crippen LogP contribution >= 0.6 is 0 Å². The zero-order chi connectivity index (χ0) is 20.2. The van der Waals surface area contributed by atoms with Crippen molar-refractivity contribution in [3.8, 4) is 11.5 Å². The first-order valence-electron chi connectivity index (χ1n) is 7.81. The summed E-state index contributed by atoms with van der Waals surface area (Å²) in [7, 11) is -2.59. The number of rotatable bonds is 7. The highest BCUT2D eigenvalue weighted by molar-refractivity contribution is 7.89. The Morgan fingerprint density at radius 3 is 2.30 bits per heavy atom. The number of nitro groups is 1. The third-order valence-corrected chi connectivity index (χ3v) is 5.02. The molecule has 0 aliphatic rings. The highest BCUT2D eigenvalue weighted by Gasteiger charge is 2.23. The first kappa shape index (κ1) is 20.3. The van der Waals surface area contributed by atoms with Crippen LogP contribution in [0.4, 0.5) is 5.69 Å². The predicted molar refractivity (Wildman–Crippen MR) is 96.5 cm³/mol. The molecule has 0 heterocycles. The van der Waals surface area contributed by atoms with Crippen molar-refractivity contribution in [1.29, 1.82) is 0 Å². The summed E-state index contributed by atoms with van der Waals surface area (Å²) in [4.78, 5) is 22.2. The van der Waals surface area contributed by atoms with Gasteiger partial charge in [0.2, 0.25) is 10.0 Å². The van der Waals surface area contributed by atoms with Gasteiger partial charge in [0.15, 0.2) is 0 Å². The number of ether oxygens (including phenoxy) is 2. The van der Waals surface area contributed by atoms with Crippen LogP contribution < -0.4 is 14.2 Å². The van der Waals surface area contributed by atoms with Gasteiger partial charge in [0.1, 0.15) is 16.4 Å². The van der Waals surface area contributed by atoms with Gasteiger partial charge in [-0.3, -0.25) is 10.1 Å². The number of nitro benzene ring substituents is 1. The summed E-state index contributed by atoms with van der Waals surface area (Å²) in [5, 5.41) is 10.6. The Morgan fingerprint density at radius 2 is 1.78 bits per heavy atom. The van der Waals surface area contributed by atoms with Gasteiger partial charge in [-0.05, 0) is 44.2 Å². The third-order valence-electron chi connectivity index (χ3n) is 3.34. The van der Waals surface area contributed by atoms with E-state index in [-0.39, 0.29) is 33.7 Å². The minimum atomic E-state index is -3.90. The molecule has 0 aliphatic heterocycles. The normalized spacial score (nSPS) is 11.3. The molecule has 0 aromatic heterocycles. The van der Waals surface area contributed by atoms with Gasteiger partial charge in [-0.15, -0.1) is 0 Å². The number of hydrogen-bond acceptors (Lipinski definition) is 7. The summed E-state index contributed by atoms with van der Waals surface area (Å²) in [6.07, 6.45) is 0. The van der Waals surface area contributed by atoms with E-state index in [1.165, 1.54) is 43.5 Å². The molecule has 0 aliphatic carbocycles. The van der Waals surface area contributed by atoms with Crippen molar-refractivity contribution in [1.82, 2.24) is 4.72 Å². The van der Waals surface area contributed by atoms with Gasteiger partial charge >= 0.3 is 5.97 Å². The van der Waals surface area contributed by atoms with Crippen LogP contribution in [0.2, 0.25) is 0 Å². The van der Waals surface area contributed by atoms with Crippen LogP contribution in [0.25, 0.3) is 0 Å². The van der Waals surface area contributed by atoms with E-state index >= 15 is 0 Å². The van der Waals surface area contributed by atoms with Gasteiger partial charge in [0, 0.05) is 18.2 Å². The van der Waals surface area contributed by atoms with Gasteiger partial charge in [-0.2, -0.15) is 0 Å². The first-order valence-corrected chi connectivity index (χ1v) is 9.29. The minimum Gasteiger partial charge on any atom is -0.495 e. The number of nitrogens with one attached hydrogen (secondary N) is 1. The lowest BCUT2D eigenvalue weighted by molar-refractivity contribution is -0.384. The fraction of sp³-hybridized carbons (Fsp3) is 0.235. The van der Waals surface area contributed by atoms with E-state index in [0.29, 0.717) is 0 Å². The average molecular weight is 394 g/mol. The van der Waals surface area contributed by atoms with E-state index in [1.807, 2.05) is 0 Å². The maximum atomic E-state index is 12.4. The van der Waals surface area contributed by atoms with E-state index in [0.717, 1.165) is 6.07 Å². The van der Waals surface area contributed by atoms with Crippen LogP contribution in [0.5, 0.6) is 11.5 Å². The second-order valence-corrected chi connectivity index (χ2v) is 7.46. The second kappa shape index (κ2) is 8.14. The summed E-state index contributed by atoms with van der Waals surface area (Å²) in [6, 6.07) is 8.45. The Morgan fingerprint density at radius 1 is 1.15 bits per heavy atom. The number of sulfonamides is 1. The lowest BCUT2D eigenvalue weighted by Gasteiger charge is -2.14. The van der Waals surface area contributed by atoms with Crippen molar-refractivity contribution >= 4 is 21.7 Å². The van der Waals surface area contributed by atoms with Crippen molar-refractivity contribution in [2.75, 3.05) is 7.11 Å². The highest BCUT2D eigenvalue weighted by Crippen LogP contribution is 2.26. The SMILES string of the molecule is COc1ccc(C(=O)Oc2ccc([N+](=O)[O-])cc2)cc1S(=O)(=O)NC(C)C. The molecular formula is C17H18N2O7S. The highest BCUT2D eigenvalue weighted by atomic mass is 32.2. The van der Waals surface area contributed by atoms with E-state index in [9.17, 15) is 23.3 Å². The molecule has 0 amide bonds.